The Balaban J connectivity index is 1.27. The first kappa shape index (κ1) is 45.8. The first-order chi connectivity index (χ1) is 28.7. The van der Waals surface area contributed by atoms with E-state index in [1.807, 2.05) is 109 Å². The highest BCUT2D eigenvalue weighted by atomic mass is 32.2. The SMILES string of the molecule is C=CC(=O)OCCNC(=O)OC(COc1cccc(-c2ccccc2)c1)CSCCCSCC(COc1cccc(-c2ccccc2)c1)OC(=O)NCCC(=C)C(=O)O. The Morgan fingerprint density at radius 2 is 1.14 bits per heavy atom. The molecule has 4 aromatic rings. The zero-order chi connectivity index (χ0) is 42.1. The Kier molecular flexibility index (Phi) is 20.4. The van der Waals surface area contributed by atoms with E-state index in [9.17, 15) is 19.2 Å². The van der Waals surface area contributed by atoms with E-state index < -0.39 is 36.3 Å². The summed E-state index contributed by atoms with van der Waals surface area (Å²) >= 11 is 3.23. The zero-order valence-corrected chi connectivity index (χ0v) is 34.4. The molecule has 0 bridgehead atoms. The third-order valence-corrected chi connectivity index (χ3v) is 10.6. The van der Waals surface area contributed by atoms with Gasteiger partial charge in [0.1, 0.15) is 43.5 Å². The molecule has 0 radical (unpaired) electrons. The van der Waals surface area contributed by atoms with Crippen molar-refractivity contribution >= 4 is 47.6 Å². The number of amides is 2. The van der Waals surface area contributed by atoms with Crippen LogP contribution in [-0.2, 0) is 23.8 Å². The molecule has 0 aliphatic carbocycles. The average Bonchev–Trinajstić information content (AvgIpc) is 3.26. The van der Waals surface area contributed by atoms with Gasteiger partial charge in [0.2, 0.25) is 0 Å². The summed E-state index contributed by atoms with van der Waals surface area (Å²) in [6.07, 6.45) is -0.546. The van der Waals surface area contributed by atoms with Gasteiger partial charge in [-0.3, -0.25) is 0 Å². The number of esters is 1. The molecular weight excluding hydrogens is 793 g/mol. The quantitative estimate of drug-likeness (QED) is 0.0241. The van der Waals surface area contributed by atoms with Crippen LogP contribution in [-0.4, -0.2) is 97.4 Å². The molecule has 2 unspecified atom stereocenters. The predicted molar refractivity (Wildman–Crippen MR) is 233 cm³/mol. The van der Waals surface area contributed by atoms with Crippen molar-refractivity contribution in [3.8, 4) is 33.8 Å². The van der Waals surface area contributed by atoms with E-state index in [-0.39, 0.29) is 44.9 Å². The summed E-state index contributed by atoms with van der Waals surface area (Å²) in [6.45, 7) is 7.21. The third-order valence-electron chi connectivity index (χ3n) is 8.27. The van der Waals surface area contributed by atoms with Crippen molar-refractivity contribution in [1.29, 1.82) is 0 Å². The molecule has 12 nitrogen and oxygen atoms in total. The van der Waals surface area contributed by atoms with E-state index in [1.165, 1.54) is 0 Å². The molecule has 14 heteroatoms. The highest BCUT2D eigenvalue weighted by Crippen LogP contribution is 2.25. The minimum Gasteiger partial charge on any atom is -0.490 e. The van der Waals surface area contributed by atoms with Crippen LogP contribution in [0.15, 0.2) is 134 Å². The normalized spacial score (nSPS) is 11.6. The summed E-state index contributed by atoms with van der Waals surface area (Å²) in [6, 6.07) is 35.3. The summed E-state index contributed by atoms with van der Waals surface area (Å²) in [5.74, 6) is 2.02. The number of rotatable bonds is 26. The molecule has 0 aliphatic rings. The molecule has 0 fully saturated rings. The lowest BCUT2D eigenvalue weighted by Crippen LogP contribution is -2.35. The molecule has 3 N–H and O–H groups in total. The maximum Gasteiger partial charge on any atom is 0.407 e. The number of benzene rings is 4. The second kappa shape index (κ2) is 26.2. The zero-order valence-electron chi connectivity index (χ0n) is 32.8. The van der Waals surface area contributed by atoms with Gasteiger partial charge in [0, 0.05) is 29.7 Å². The summed E-state index contributed by atoms with van der Waals surface area (Å²) in [7, 11) is 0. The highest BCUT2D eigenvalue weighted by molar-refractivity contribution is 8.00. The first-order valence-corrected chi connectivity index (χ1v) is 21.3. The number of aliphatic carboxylic acids is 1. The molecule has 59 heavy (non-hydrogen) atoms. The number of carboxylic acid groups (broad SMARTS) is 1. The fourth-order valence-corrected chi connectivity index (χ4v) is 7.33. The van der Waals surface area contributed by atoms with Gasteiger partial charge in [-0.15, -0.1) is 0 Å². The number of ether oxygens (including phenoxy) is 5. The van der Waals surface area contributed by atoms with E-state index in [0.29, 0.717) is 23.0 Å². The molecule has 312 valence electrons. The van der Waals surface area contributed by atoms with E-state index in [4.69, 9.17) is 28.8 Å². The van der Waals surface area contributed by atoms with Crippen LogP contribution < -0.4 is 20.1 Å². The number of carbonyl (C=O) groups excluding carboxylic acids is 3. The Morgan fingerprint density at radius 1 is 0.661 bits per heavy atom. The fraction of sp³-hybridized carbons (Fsp3) is 0.289. The number of carbonyl (C=O) groups is 4. The number of hydrogen-bond acceptors (Lipinski definition) is 11. The van der Waals surface area contributed by atoms with Crippen LogP contribution in [0, 0.1) is 0 Å². The second-order valence-electron chi connectivity index (χ2n) is 12.9. The number of alkyl carbamates (subject to hydrolysis) is 2. The first-order valence-electron chi connectivity index (χ1n) is 19.0. The van der Waals surface area contributed by atoms with Gasteiger partial charge in [-0.2, -0.15) is 23.5 Å². The van der Waals surface area contributed by atoms with E-state index >= 15 is 0 Å². The number of thioether (sulfide) groups is 2. The van der Waals surface area contributed by atoms with Gasteiger partial charge < -0.3 is 39.4 Å². The highest BCUT2D eigenvalue weighted by Gasteiger charge is 2.18. The van der Waals surface area contributed by atoms with Crippen LogP contribution in [0.25, 0.3) is 22.3 Å². The molecule has 0 saturated heterocycles. The molecule has 0 aliphatic heterocycles. The number of nitrogens with one attached hydrogen (secondary N) is 2. The largest absolute Gasteiger partial charge is 0.490 e. The van der Waals surface area contributed by atoms with Gasteiger partial charge in [-0.05, 0) is 70.9 Å². The molecule has 4 rings (SSSR count). The minimum atomic E-state index is -1.12. The van der Waals surface area contributed by atoms with Crippen molar-refractivity contribution < 1.29 is 48.0 Å². The van der Waals surface area contributed by atoms with Gasteiger partial charge in [0.05, 0.1) is 6.54 Å². The number of carboxylic acids is 1. The van der Waals surface area contributed by atoms with Crippen molar-refractivity contribution in [2.24, 2.45) is 0 Å². The van der Waals surface area contributed by atoms with E-state index in [2.05, 4.69) is 23.8 Å². The van der Waals surface area contributed by atoms with Crippen LogP contribution in [0.2, 0.25) is 0 Å². The summed E-state index contributed by atoms with van der Waals surface area (Å²) in [5, 5.41) is 14.2. The lowest BCUT2D eigenvalue weighted by Gasteiger charge is -2.20. The summed E-state index contributed by atoms with van der Waals surface area (Å²) < 4.78 is 28.5. The van der Waals surface area contributed by atoms with Crippen LogP contribution in [0.5, 0.6) is 11.5 Å². The summed E-state index contributed by atoms with van der Waals surface area (Å²) in [4.78, 5) is 47.7. The lowest BCUT2D eigenvalue weighted by molar-refractivity contribution is -0.137. The maximum absolute atomic E-state index is 12.7. The number of hydrogen-bond donors (Lipinski definition) is 3. The Bertz CT molecular complexity index is 1950. The van der Waals surface area contributed by atoms with Gasteiger partial charge >= 0.3 is 24.1 Å². The van der Waals surface area contributed by atoms with Gasteiger partial charge in [0.25, 0.3) is 0 Å². The van der Waals surface area contributed by atoms with Crippen molar-refractivity contribution in [2.45, 2.75) is 25.0 Å². The van der Waals surface area contributed by atoms with Crippen molar-refractivity contribution in [2.75, 3.05) is 55.9 Å². The predicted octanol–water partition coefficient (Wildman–Crippen LogP) is 8.28. The van der Waals surface area contributed by atoms with Crippen molar-refractivity contribution in [3.63, 3.8) is 0 Å². The van der Waals surface area contributed by atoms with Crippen molar-refractivity contribution in [3.05, 3.63) is 134 Å². The van der Waals surface area contributed by atoms with Crippen LogP contribution in [0.3, 0.4) is 0 Å². The molecule has 0 aromatic heterocycles. The molecule has 0 saturated carbocycles. The van der Waals surface area contributed by atoms with Crippen LogP contribution in [0.1, 0.15) is 12.8 Å². The lowest BCUT2D eigenvalue weighted by atomic mass is 10.1. The van der Waals surface area contributed by atoms with E-state index in [0.717, 1.165) is 46.3 Å². The van der Waals surface area contributed by atoms with E-state index in [1.54, 1.807) is 23.5 Å². The van der Waals surface area contributed by atoms with Crippen LogP contribution in [0.4, 0.5) is 9.59 Å². The Labute approximate surface area is 353 Å². The Morgan fingerprint density at radius 3 is 1.61 bits per heavy atom. The second-order valence-corrected chi connectivity index (χ2v) is 15.2. The van der Waals surface area contributed by atoms with Crippen molar-refractivity contribution in [1.82, 2.24) is 10.6 Å². The standard InChI is InChI=1S/C45H50N2O10S2/c1-3-42(48)53-24-23-47-45(52)57-41(30-55-39-20-11-18-37(28-39)35-15-8-5-9-16-35)32-59-26-12-25-58-31-40(56-44(51)46-22-21-33(2)43(49)50)29-54-38-19-10-17-36(27-38)34-13-6-4-7-14-34/h3-11,13-20,27-28,40-41H,1-2,12,21-26,29-32H2,(H,46,51)(H,47,52)(H,49,50). The van der Waals surface area contributed by atoms with Gasteiger partial charge in [0.15, 0.2) is 0 Å². The maximum atomic E-state index is 12.7. The molecule has 0 heterocycles. The smallest absolute Gasteiger partial charge is 0.407 e. The Hall–Kier alpha value is -5.86. The fourth-order valence-electron chi connectivity index (χ4n) is 5.27. The van der Waals surface area contributed by atoms with Crippen LogP contribution >= 0.6 is 23.5 Å². The van der Waals surface area contributed by atoms with Gasteiger partial charge in [-0.1, -0.05) is 98.1 Å². The molecular formula is C45H50N2O10S2. The monoisotopic (exact) mass is 842 g/mol. The summed E-state index contributed by atoms with van der Waals surface area (Å²) in [5.41, 5.74) is 4.08. The molecule has 2 amide bonds. The molecule has 2 atom stereocenters. The molecule has 0 spiro atoms. The topological polar surface area (TPSA) is 159 Å². The van der Waals surface area contributed by atoms with Gasteiger partial charge in [-0.25, -0.2) is 19.2 Å². The average molecular weight is 843 g/mol. The minimum absolute atomic E-state index is 0.0112. The molecule has 4 aromatic carbocycles. The third kappa shape index (κ3) is 18.1.